The highest BCUT2D eigenvalue weighted by atomic mass is 19.4. The van der Waals surface area contributed by atoms with Gasteiger partial charge in [0.2, 0.25) is 0 Å². The third kappa shape index (κ3) is 4.28. The molecule has 0 aliphatic carbocycles. The summed E-state index contributed by atoms with van der Waals surface area (Å²) in [4.78, 5) is 17.3. The standard InChI is InChI=1S/C24H19F4N7O2/c1-11(2)22-30-7-8-35(22)13-4-5-16(15(25)10-13)31-23(36)19-18(20(33-32-19)24(26,27)28)12-3-6-17-14(9-12)21(29)34-37-17/h3-11H,1-2H3,(H2,29,34)(H,31,36)(H,32,33). The molecule has 0 spiro atoms. The number of nitrogen functional groups attached to an aromatic ring is 1. The number of nitrogens with one attached hydrogen (secondary N) is 2. The molecule has 4 N–H and O–H groups in total. The van der Waals surface area contributed by atoms with Crippen LogP contribution in [0.1, 0.15) is 41.8 Å². The van der Waals surface area contributed by atoms with Crippen molar-refractivity contribution in [1.29, 1.82) is 0 Å². The van der Waals surface area contributed by atoms with Crippen LogP contribution in [0.25, 0.3) is 27.8 Å². The topological polar surface area (TPSA) is 128 Å². The molecule has 0 saturated carbocycles. The van der Waals surface area contributed by atoms with E-state index in [1.54, 1.807) is 23.0 Å². The second kappa shape index (κ2) is 8.76. The molecule has 1 amide bonds. The number of H-pyrrole nitrogens is 1. The van der Waals surface area contributed by atoms with Gasteiger partial charge in [0.05, 0.1) is 11.1 Å². The molecule has 3 heterocycles. The van der Waals surface area contributed by atoms with E-state index in [0.717, 1.165) is 0 Å². The number of amides is 1. The first-order chi connectivity index (χ1) is 17.5. The zero-order chi connectivity index (χ0) is 26.5. The predicted molar refractivity (Wildman–Crippen MR) is 127 cm³/mol. The summed E-state index contributed by atoms with van der Waals surface area (Å²) in [6, 6.07) is 8.08. The van der Waals surface area contributed by atoms with Crippen LogP contribution < -0.4 is 11.1 Å². The maximum atomic E-state index is 15.0. The Morgan fingerprint density at radius 3 is 2.68 bits per heavy atom. The van der Waals surface area contributed by atoms with Gasteiger partial charge in [-0.25, -0.2) is 9.37 Å². The van der Waals surface area contributed by atoms with E-state index in [9.17, 15) is 22.4 Å². The van der Waals surface area contributed by atoms with Gasteiger partial charge in [-0.3, -0.25) is 9.89 Å². The van der Waals surface area contributed by atoms with Gasteiger partial charge < -0.3 is 20.1 Å². The van der Waals surface area contributed by atoms with E-state index in [2.05, 4.69) is 25.7 Å². The number of nitrogens with zero attached hydrogens (tertiary/aromatic N) is 4. The van der Waals surface area contributed by atoms with Crippen molar-refractivity contribution in [3.05, 3.63) is 71.8 Å². The number of carbonyl (C=O) groups excluding carboxylic acids is 1. The van der Waals surface area contributed by atoms with Gasteiger partial charge in [-0.1, -0.05) is 25.1 Å². The van der Waals surface area contributed by atoms with Crippen LogP contribution in [0.3, 0.4) is 0 Å². The van der Waals surface area contributed by atoms with Gasteiger partial charge in [0, 0.05) is 35.6 Å². The summed E-state index contributed by atoms with van der Waals surface area (Å²) in [6.07, 6.45) is -1.62. The third-order valence-electron chi connectivity index (χ3n) is 5.71. The Hall–Kier alpha value is -4.68. The number of hydrogen-bond acceptors (Lipinski definition) is 6. The lowest BCUT2D eigenvalue weighted by molar-refractivity contribution is -0.140. The summed E-state index contributed by atoms with van der Waals surface area (Å²) in [5, 5.41) is 11.6. The Morgan fingerprint density at radius 1 is 1.19 bits per heavy atom. The summed E-state index contributed by atoms with van der Waals surface area (Å²) >= 11 is 0. The lowest BCUT2D eigenvalue weighted by Crippen LogP contribution is -2.15. The van der Waals surface area contributed by atoms with Gasteiger partial charge in [0.1, 0.15) is 17.3 Å². The van der Waals surface area contributed by atoms with Gasteiger partial charge >= 0.3 is 6.18 Å². The van der Waals surface area contributed by atoms with E-state index < -0.39 is 34.9 Å². The first kappa shape index (κ1) is 24.0. The molecule has 2 aromatic carbocycles. The van der Waals surface area contributed by atoms with Gasteiger partial charge in [0.25, 0.3) is 5.91 Å². The second-order valence-corrected chi connectivity index (χ2v) is 8.53. The quantitative estimate of drug-likeness (QED) is 0.266. The zero-order valence-corrected chi connectivity index (χ0v) is 19.4. The number of fused-ring (bicyclic) bond motifs is 1. The minimum atomic E-state index is -4.88. The number of aromatic nitrogens is 5. The summed E-state index contributed by atoms with van der Waals surface area (Å²) in [7, 11) is 0. The fraction of sp³-hybridized carbons (Fsp3) is 0.167. The SMILES string of the molecule is CC(C)c1nccn1-c1ccc(NC(=O)c2[nH]nc(C(F)(F)F)c2-c2ccc3onc(N)c3c2)c(F)c1. The van der Waals surface area contributed by atoms with Gasteiger partial charge in [-0.05, 0) is 29.8 Å². The highest BCUT2D eigenvalue weighted by Gasteiger charge is 2.39. The van der Waals surface area contributed by atoms with Crippen LogP contribution in [-0.4, -0.2) is 30.8 Å². The van der Waals surface area contributed by atoms with E-state index in [1.165, 1.54) is 30.3 Å². The van der Waals surface area contributed by atoms with Crippen molar-refractivity contribution in [1.82, 2.24) is 24.9 Å². The Morgan fingerprint density at radius 2 is 1.97 bits per heavy atom. The molecule has 0 atom stereocenters. The molecular formula is C24H19F4N7O2. The van der Waals surface area contributed by atoms with Crippen molar-refractivity contribution in [2.45, 2.75) is 25.9 Å². The average molecular weight is 513 g/mol. The molecule has 0 aliphatic rings. The first-order valence-electron chi connectivity index (χ1n) is 11.0. The molecule has 0 aliphatic heterocycles. The summed E-state index contributed by atoms with van der Waals surface area (Å²) in [6.45, 7) is 3.88. The van der Waals surface area contributed by atoms with Crippen molar-refractivity contribution in [3.8, 4) is 16.8 Å². The fourth-order valence-corrected chi connectivity index (χ4v) is 4.01. The fourth-order valence-electron chi connectivity index (χ4n) is 4.01. The van der Waals surface area contributed by atoms with Crippen LogP contribution in [0.2, 0.25) is 0 Å². The van der Waals surface area contributed by atoms with E-state index in [0.29, 0.717) is 11.5 Å². The zero-order valence-electron chi connectivity index (χ0n) is 19.4. The molecule has 0 radical (unpaired) electrons. The van der Waals surface area contributed by atoms with E-state index in [-0.39, 0.29) is 34.0 Å². The van der Waals surface area contributed by atoms with Crippen molar-refractivity contribution in [3.63, 3.8) is 0 Å². The molecule has 37 heavy (non-hydrogen) atoms. The van der Waals surface area contributed by atoms with Crippen LogP contribution in [-0.2, 0) is 6.18 Å². The molecular weight excluding hydrogens is 494 g/mol. The number of anilines is 2. The van der Waals surface area contributed by atoms with Crippen molar-refractivity contribution >= 4 is 28.4 Å². The molecule has 190 valence electrons. The molecule has 0 unspecified atom stereocenters. The van der Waals surface area contributed by atoms with Crippen LogP contribution >= 0.6 is 0 Å². The maximum absolute atomic E-state index is 15.0. The molecule has 3 aromatic heterocycles. The van der Waals surface area contributed by atoms with Crippen molar-refractivity contribution in [2.24, 2.45) is 0 Å². The first-order valence-corrected chi connectivity index (χ1v) is 11.0. The van der Waals surface area contributed by atoms with Gasteiger partial charge in [-0.2, -0.15) is 18.3 Å². The Kier molecular flexibility index (Phi) is 5.69. The van der Waals surface area contributed by atoms with Crippen LogP contribution in [0.4, 0.5) is 29.1 Å². The Bertz CT molecular complexity index is 1630. The van der Waals surface area contributed by atoms with Crippen LogP contribution in [0, 0.1) is 5.82 Å². The number of nitrogens with two attached hydrogens (primary N) is 1. The second-order valence-electron chi connectivity index (χ2n) is 8.53. The molecule has 0 saturated heterocycles. The van der Waals surface area contributed by atoms with E-state index >= 15 is 0 Å². The number of carbonyl (C=O) groups is 1. The lowest BCUT2D eigenvalue weighted by atomic mass is 10.0. The maximum Gasteiger partial charge on any atom is 0.435 e. The average Bonchev–Trinajstić information content (AvgIpc) is 3.58. The lowest BCUT2D eigenvalue weighted by Gasteiger charge is -2.13. The van der Waals surface area contributed by atoms with Crippen LogP contribution in [0.15, 0.2) is 53.3 Å². The van der Waals surface area contributed by atoms with E-state index in [4.69, 9.17) is 10.3 Å². The molecule has 9 nitrogen and oxygen atoms in total. The Balaban J connectivity index is 1.51. The highest BCUT2D eigenvalue weighted by molar-refractivity contribution is 6.08. The number of imidazole rings is 1. The van der Waals surface area contributed by atoms with E-state index in [1.807, 2.05) is 13.8 Å². The van der Waals surface area contributed by atoms with Gasteiger partial charge in [-0.15, -0.1) is 0 Å². The molecule has 5 rings (SSSR count). The monoisotopic (exact) mass is 513 g/mol. The van der Waals surface area contributed by atoms with Gasteiger partial charge in [0.15, 0.2) is 17.1 Å². The smallest absolute Gasteiger partial charge is 0.380 e. The molecule has 13 heteroatoms. The minimum absolute atomic E-state index is 0.00855. The Labute approximate surface area is 206 Å². The van der Waals surface area contributed by atoms with Crippen molar-refractivity contribution < 1.29 is 26.9 Å². The summed E-state index contributed by atoms with van der Waals surface area (Å²) < 4.78 is 63.0. The highest BCUT2D eigenvalue weighted by Crippen LogP contribution is 2.39. The summed E-state index contributed by atoms with van der Waals surface area (Å²) in [5.74, 6) is -1.05. The van der Waals surface area contributed by atoms with Crippen LogP contribution in [0.5, 0.6) is 0 Å². The minimum Gasteiger partial charge on any atom is -0.380 e. The number of alkyl halides is 3. The molecule has 5 aromatic rings. The van der Waals surface area contributed by atoms with Crippen molar-refractivity contribution in [2.75, 3.05) is 11.1 Å². The number of hydrogen-bond donors (Lipinski definition) is 3. The normalized spacial score (nSPS) is 12.0. The largest absolute Gasteiger partial charge is 0.435 e. The number of benzene rings is 2. The third-order valence-corrected chi connectivity index (χ3v) is 5.71. The number of rotatable bonds is 5. The summed E-state index contributed by atoms with van der Waals surface area (Å²) in [5.41, 5.74) is 3.87. The molecule has 0 fully saturated rings. The number of aromatic amines is 1. The molecule has 0 bridgehead atoms. The predicted octanol–water partition coefficient (Wildman–Crippen LogP) is 5.52. The number of halogens is 4.